The molecule has 0 atom stereocenters. The zero-order valence-electron chi connectivity index (χ0n) is 7.29. The van der Waals surface area contributed by atoms with E-state index in [-0.39, 0.29) is 0 Å². The monoisotopic (exact) mass is 169 g/mol. The Labute approximate surface area is 74.2 Å². The number of nitrogens with one attached hydrogen (secondary N) is 1. The van der Waals surface area contributed by atoms with Crippen LogP contribution >= 0.6 is 12.2 Å². The normalized spacial score (nSPS) is 12.5. The van der Waals surface area contributed by atoms with Crippen LogP contribution in [0.5, 0.6) is 0 Å². The van der Waals surface area contributed by atoms with Crippen LogP contribution in [0.2, 0.25) is 0 Å². The molecule has 0 rings (SSSR count). The maximum atomic E-state index is 4.74. The second-order valence-corrected chi connectivity index (χ2v) is 2.85. The first kappa shape index (κ1) is 10.4. The highest BCUT2D eigenvalue weighted by atomic mass is 32.1. The first-order valence-corrected chi connectivity index (χ1v) is 4.18. The minimum Gasteiger partial charge on any atom is -0.394 e. The average molecular weight is 169 g/mol. The molecule has 0 aliphatic rings. The molecular weight excluding hydrogens is 154 g/mol. The summed E-state index contributed by atoms with van der Waals surface area (Å²) >= 11 is 4.74. The molecule has 1 N–H and O–H groups in total. The van der Waals surface area contributed by atoms with Crippen molar-refractivity contribution in [1.29, 1.82) is 0 Å². The van der Waals surface area contributed by atoms with Gasteiger partial charge in [-0.2, -0.15) is 0 Å². The molecule has 0 aromatic carbocycles. The quantitative estimate of drug-likeness (QED) is 0.394. The lowest BCUT2D eigenvalue weighted by molar-refractivity contribution is 0.791. The Kier molecular flexibility index (Phi) is 5.75. The summed E-state index contributed by atoms with van der Waals surface area (Å²) in [5.74, 6) is 0.527. The summed E-state index contributed by atoms with van der Waals surface area (Å²) in [6.07, 6.45) is 5.89. The summed E-state index contributed by atoms with van der Waals surface area (Å²) in [4.78, 5) is 0. The predicted octanol–water partition coefficient (Wildman–Crippen LogP) is 2.30. The minimum absolute atomic E-state index is 0.527. The lowest BCUT2D eigenvalue weighted by Crippen LogP contribution is -1.95. The number of hydrogen-bond donors (Lipinski definition) is 1. The van der Waals surface area contributed by atoms with E-state index in [2.05, 4.69) is 19.2 Å². The molecule has 0 saturated heterocycles. The third-order valence-electron chi connectivity index (χ3n) is 1.37. The third kappa shape index (κ3) is 4.73. The fourth-order valence-electron chi connectivity index (χ4n) is 0.699. The van der Waals surface area contributed by atoms with Crippen molar-refractivity contribution in [1.82, 2.24) is 5.32 Å². The Hall–Kier alpha value is -0.630. The van der Waals surface area contributed by atoms with Gasteiger partial charge in [0, 0.05) is 12.4 Å². The van der Waals surface area contributed by atoms with Crippen LogP contribution in [-0.2, 0) is 0 Å². The highest BCUT2D eigenvalue weighted by Gasteiger charge is 1.95. The number of rotatable bonds is 4. The molecule has 11 heavy (non-hydrogen) atoms. The van der Waals surface area contributed by atoms with Crippen molar-refractivity contribution in [2.75, 3.05) is 7.05 Å². The molecule has 0 aliphatic carbocycles. The molecule has 0 aromatic rings. The van der Waals surface area contributed by atoms with Gasteiger partial charge in [0.2, 0.25) is 0 Å². The molecule has 62 valence electrons. The van der Waals surface area contributed by atoms with Gasteiger partial charge in [0.1, 0.15) is 0 Å². The fourth-order valence-corrected chi connectivity index (χ4v) is 0.856. The van der Waals surface area contributed by atoms with E-state index in [0.29, 0.717) is 5.92 Å². The summed E-state index contributed by atoms with van der Waals surface area (Å²) in [6, 6.07) is 0. The molecule has 0 spiro atoms. The molecule has 0 bridgehead atoms. The average Bonchev–Trinajstić information content (AvgIpc) is 1.97. The second kappa shape index (κ2) is 6.10. The Balaban J connectivity index is 4.22. The smallest absolute Gasteiger partial charge is 0.00277 e. The lowest BCUT2D eigenvalue weighted by atomic mass is 10.0. The Morgan fingerprint density at radius 2 is 2.09 bits per heavy atom. The molecule has 1 nitrogen and oxygen atoms in total. The van der Waals surface area contributed by atoms with Crippen molar-refractivity contribution in [3.05, 3.63) is 23.9 Å². The van der Waals surface area contributed by atoms with Crippen LogP contribution in [0.15, 0.2) is 23.9 Å². The van der Waals surface area contributed by atoms with Crippen molar-refractivity contribution in [3.63, 3.8) is 0 Å². The van der Waals surface area contributed by atoms with E-state index in [1.807, 2.05) is 25.4 Å². The highest BCUT2D eigenvalue weighted by Crippen LogP contribution is 2.09. The summed E-state index contributed by atoms with van der Waals surface area (Å²) < 4.78 is 0. The van der Waals surface area contributed by atoms with E-state index in [4.69, 9.17) is 12.2 Å². The van der Waals surface area contributed by atoms with Gasteiger partial charge < -0.3 is 5.32 Å². The van der Waals surface area contributed by atoms with Crippen LogP contribution in [0.25, 0.3) is 0 Å². The largest absolute Gasteiger partial charge is 0.394 e. The van der Waals surface area contributed by atoms with E-state index in [0.717, 1.165) is 0 Å². The van der Waals surface area contributed by atoms with Crippen LogP contribution in [0.1, 0.15) is 13.8 Å². The molecule has 0 saturated carbocycles. The van der Waals surface area contributed by atoms with E-state index >= 15 is 0 Å². The van der Waals surface area contributed by atoms with Crippen molar-refractivity contribution in [2.24, 2.45) is 5.92 Å². The van der Waals surface area contributed by atoms with Crippen molar-refractivity contribution in [3.8, 4) is 0 Å². The van der Waals surface area contributed by atoms with Crippen LogP contribution in [0.4, 0.5) is 0 Å². The zero-order chi connectivity index (χ0) is 8.69. The lowest BCUT2D eigenvalue weighted by Gasteiger charge is -2.03. The molecule has 2 heteroatoms. The maximum Gasteiger partial charge on any atom is 0.00277 e. The summed E-state index contributed by atoms with van der Waals surface area (Å²) in [5.41, 5.74) is 1.24. The predicted molar refractivity (Wildman–Crippen MR) is 54.8 cm³/mol. The van der Waals surface area contributed by atoms with E-state index in [1.54, 1.807) is 5.37 Å². The van der Waals surface area contributed by atoms with Crippen LogP contribution < -0.4 is 5.32 Å². The standard InChI is InChI=1S/C9H15NS/c1-8(2)9(5-7-11)4-6-10-3/h4-8,10H,1-3H3/b6-4-,9-5+. The van der Waals surface area contributed by atoms with Gasteiger partial charge in [0.05, 0.1) is 0 Å². The van der Waals surface area contributed by atoms with E-state index in [9.17, 15) is 0 Å². The molecule has 0 amide bonds. The molecular formula is C9H15NS. The topological polar surface area (TPSA) is 12.0 Å². The summed E-state index contributed by atoms with van der Waals surface area (Å²) in [6.45, 7) is 4.29. The molecule has 0 radical (unpaired) electrons. The Morgan fingerprint density at radius 3 is 2.45 bits per heavy atom. The maximum absolute atomic E-state index is 4.74. The van der Waals surface area contributed by atoms with Gasteiger partial charge in [-0.05, 0) is 29.8 Å². The molecule has 0 aromatic heterocycles. The fraction of sp³-hybridized carbons (Fsp3) is 0.444. The van der Waals surface area contributed by atoms with Gasteiger partial charge in [0.25, 0.3) is 0 Å². The van der Waals surface area contributed by atoms with Gasteiger partial charge in [-0.15, -0.1) is 0 Å². The Morgan fingerprint density at radius 1 is 1.45 bits per heavy atom. The number of thiocarbonyl (C=S) groups is 1. The SMILES string of the molecule is CN/C=C\C(=C/C=S)C(C)C. The molecule has 0 fully saturated rings. The third-order valence-corrected chi connectivity index (χ3v) is 1.51. The number of hydrogen-bond acceptors (Lipinski definition) is 2. The summed E-state index contributed by atoms with van der Waals surface area (Å²) in [7, 11) is 1.88. The zero-order valence-corrected chi connectivity index (χ0v) is 8.11. The summed E-state index contributed by atoms with van der Waals surface area (Å²) in [5, 5.41) is 4.59. The van der Waals surface area contributed by atoms with E-state index in [1.165, 1.54) is 5.57 Å². The van der Waals surface area contributed by atoms with Crippen molar-refractivity contribution >= 4 is 17.6 Å². The van der Waals surface area contributed by atoms with Gasteiger partial charge in [-0.3, -0.25) is 0 Å². The molecule has 0 heterocycles. The van der Waals surface area contributed by atoms with Gasteiger partial charge in [-0.25, -0.2) is 0 Å². The van der Waals surface area contributed by atoms with Crippen LogP contribution in [0, 0.1) is 5.92 Å². The van der Waals surface area contributed by atoms with Gasteiger partial charge in [0.15, 0.2) is 0 Å². The van der Waals surface area contributed by atoms with Crippen molar-refractivity contribution < 1.29 is 0 Å². The first-order chi connectivity index (χ1) is 5.22. The molecule has 0 unspecified atom stereocenters. The first-order valence-electron chi connectivity index (χ1n) is 3.71. The second-order valence-electron chi connectivity index (χ2n) is 2.58. The van der Waals surface area contributed by atoms with Gasteiger partial charge in [-0.1, -0.05) is 26.1 Å². The minimum atomic E-state index is 0.527. The number of allylic oxidation sites excluding steroid dienone is 3. The molecule has 0 aliphatic heterocycles. The van der Waals surface area contributed by atoms with Crippen molar-refractivity contribution in [2.45, 2.75) is 13.8 Å². The highest BCUT2D eigenvalue weighted by molar-refractivity contribution is 7.79. The Bertz CT molecular complexity index is 168. The van der Waals surface area contributed by atoms with Crippen LogP contribution in [-0.4, -0.2) is 12.4 Å². The van der Waals surface area contributed by atoms with Gasteiger partial charge >= 0.3 is 0 Å². The van der Waals surface area contributed by atoms with Crippen LogP contribution in [0.3, 0.4) is 0 Å². The van der Waals surface area contributed by atoms with E-state index < -0.39 is 0 Å².